The van der Waals surface area contributed by atoms with Gasteiger partial charge in [0.05, 0.1) is 13.2 Å². The van der Waals surface area contributed by atoms with E-state index < -0.39 is 0 Å². The zero-order valence-corrected chi connectivity index (χ0v) is 14.9. The summed E-state index contributed by atoms with van der Waals surface area (Å²) >= 11 is 0. The Kier molecular flexibility index (Phi) is 9.86. The topological polar surface area (TPSA) is 55.6 Å². The number of rotatable bonds is 8. The molecule has 0 radical (unpaired) electrons. The standard InChI is InChI=1S/C17H28N2O2.ClH/c1-5-6-16(18)17(20)19(3)12-13(2)11-14-7-9-15(21-4)10-8-14;/h7-10,13,16H,5-6,11-12,18H2,1-4H3;1H. The average Bonchev–Trinajstić information content (AvgIpc) is 2.47. The van der Waals surface area contributed by atoms with E-state index in [1.54, 1.807) is 12.0 Å². The second-order valence-corrected chi connectivity index (χ2v) is 5.77. The van der Waals surface area contributed by atoms with Gasteiger partial charge in [-0.1, -0.05) is 32.4 Å². The summed E-state index contributed by atoms with van der Waals surface area (Å²) in [5.41, 5.74) is 7.14. The Balaban J connectivity index is 0.00000441. The van der Waals surface area contributed by atoms with E-state index in [0.29, 0.717) is 5.92 Å². The number of hydrogen-bond acceptors (Lipinski definition) is 3. The van der Waals surface area contributed by atoms with Crippen molar-refractivity contribution in [3.8, 4) is 5.75 Å². The van der Waals surface area contributed by atoms with Crippen LogP contribution in [0.4, 0.5) is 0 Å². The molecule has 126 valence electrons. The zero-order chi connectivity index (χ0) is 15.8. The smallest absolute Gasteiger partial charge is 0.239 e. The van der Waals surface area contributed by atoms with E-state index in [1.807, 2.05) is 26.1 Å². The predicted molar refractivity (Wildman–Crippen MR) is 93.6 cm³/mol. The number of methoxy groups -OCH3 is 1. The molecule has 1 aromatic carbocycles. The van der Waals surface area contributed by atoms with E-state index in [9.17, 15) is 4.79 Å². The molecular formula is C17H29ClN2O2. The lowest BCUT2D eigenvalue weighted by molar-refractivity contribution is -0.131. The van der Waals surface area contributed by atoms with Gasteiger partial charge in [0.25, 0.3) is 0 Å². The highest BCUT2D eigenvalue weighted by Gasteiger charge is 2.18. The summed E-state index contributed by atoms with van der Waals surface area (Å²) in [7, 11) is 3.50. The lowest BCUT2D eigenvalue weighted by Gasteiger charge is -2.24. The molecule has 0 fully saturated rings. The summed E-state index contributed by atoms with van der Waals surface area (Å²) in [5.74, 6) is 1.30. The van der Waals surface area contributed by atoms with E-state index in [0.717, 1.165) is 31.6 Å². The molecule has 1 aromatic rings. The molecule has 0 aliphatic rings. The fourth-order valence-electron chi connectivity index (χ4n) is 2.50. The third-order valence-corrected chi connectivity index (χ3v) is 3.62. The van der Waals surface area contributed by atoms with E-state index in [2.05, 4.69) is 19.1 Å². The molecule has 2 atom stereocenters. The van der Waals surface area contributed by atoms with Gasteiger partial charge in [-0.05, 0) is 36.5 Å². The van der Waals surface area contributed by atoms with Crippen molar-refractivity contribution in [1.82, 2.24) is 4.90 Å². The molecule has 1 rings (SSSR count). The first-order valence-electron chi connectivity index (χ1n) is 7.61. The zero-order valence-electron chi connectivity index (χ0n) is 14.0. The van der Waals surface area contributed by atoms with Gasteiger partial charge in [-0.25, -0.2) is 0 Å². The molecule has 0 aliphatic carbocycles. The Bertz CT molecular complexity index is 437. The molecule has 2 unspecified atom stereocenters. The highest BCUT2D eigenvalue weighted by atomic mass is 35.5. The third kappa shape index (κ3) is 6.67. The summed E-state index contributed by atoms with van der Waals surface area (Å²) in [5, 5.41) is 0. The van der Waals surface area contributed by atoms with Crippen molar-refractivity contribution in [3.63, 3.8) is 0 Å². The van der Waals surface area contributed by atoms with Gasteiger partial charge in [0, 0.05) is 13.6 Å². The van der Waals surface area contributed by atoms with Gasteiger partial charge in [-0.15, -0.1) is 12.4 Å². The number of carbonyl (C=O) groups excluding carboxylic acids is 1. The fourth-order valence-corrected chi connectivity index (χ4v) is 2.50. The first-order valence-corrected chi connectivity index (χ1v) is 7.61. The van der Waals surface area contributed by atoms with Gasteiger partial charge in [-0.2, -0.15) is 0 Å². The van der Waals surface area contributed by atoms with Crippen LogP contribution in [0.15, 0.2) is 24.3 Å². The molecular weight excluding hydrogens is 300 g/mol. The van der Waals surface area contributed by atoms with Gasteiger partial charge < -0.3 is 15.4 Å². The maximum atomic E-state index is 12.1. The van der Waals surface area contributed by atoms with Gasteiger partial charge in [0.2, 0.25) is 5.91 Å². The van der Waals surface area contributed by atoms with Crippen LogP contribution in [-0.4, -0.2) is 37.6 Å². The Morgan fingerprint density at radius 2 is 1.91 bits per heavy atom. The molecule has 1 amide bonds. The van der Waals surface area contributed by atoms with Crippen molar-refractivity contribution in [2.24, 2.45) is 11.7 Å². The maximum absolute atomic E-state index is 12.1. The van der Waals surface area contributed by atoms with Crippen LogP contribution in [0.25, 0.3) is 0 Å². The second-order valence-electron chi connectivity index (χ2n) is 5.77. The minimum atomic E-state index is -0.367. The number of ether oxygens (including phenoxy) is 1. The van der Waals surface area contributed by atoms with Crippen LogP contribution in [0, 0.1) is 5.92 Å². The number of hydrogen-bond donors (Lipinski definition) is 1. The molecule has 0 bridgehead atoms. The van der Waals surface area contributed by atoms with E-state index in [-0.39, 0.29) is 24.4 Å². The summed E-state index contributed by atoms with van der Waals surface area (Å²) in [6.07, 6.45) is 2.61. The maximum Gasteiger partial charge on any atom is 0.239 e. The highest BCUT2D eigenvalue weighted by Crippen LogP contribution is 2.15. The first-order chi connectivity index (χ1) is 9.97. The molecule has 0 spiro atoms. The minimum absolute atomic E-state index is 0. The Hall–Kier alpha value is -1.26. The number of carbonyl (C=O) groups is 1. The van der Waals surface area contributed by atoms with Gasteiger partial charge in [0.15, 0.2) is 0 Å². The quantitative estimate of drug-likeness (QED) is 0.798. The lowest BCUT2D eigenvalue weighted by Crippen LogP contribution is -2.43. The molecule has 2 N–H and O–H groups in total. The monoisotopic (exact) mass is 328 g/mol. The summed E-state index contributed by atoms with van der Waals surface area (Å²) in [6, 6.07) is 7.70. The van der Waals surface area contributed by atoms with Crippen molar-refractivity contribution in [1.29, 1.82) is 0 Å². The summed E-state index contributed by atoms with van der Waals surface area (Å²) < 4.78 is 5.15. The van der Waals surface area contributed by atoms with Crippen LogP contribution in [0.5, 0.6) is 5.75 Å². The second kappa shape index (κ2) is 10.5. The Morgan fingerprint density at radius 1 is 1.32 bits per heavy atom. The molecule has 0 aliphatic heterocycles. The number of benzene rings is 1. The molecule has 0 aromatic heterocycles. The predicted octanol–water partition coefficient (Wildman–Crippen LogP) is 2.88. The van der Waals surface area contributed by atoms with Gasteiger partial charge in [-0.3, -0.25) is 4.79 Å². The van der Waals surface area contributed by atoms with Crippen LogP contribution in [0.3, 0.4) is 0 Å². The minimum Gasteiger partial charge on any atom is -0.497 e. The molecule has 0 saturated carbocycles. The van der Waals surface area contributed by atoms with Gasteiger partial charge >= 0.3 is 0 Å². The molecule has 5 heteroatoms. The molecule has 4 nitrogen and oxygen atoms in total. The van der Waals surface area contributed by atoms with Crippen LogP contribution in [-0.2, 0) is 11.2 Å². The highest BCUT2D eigenvalue weighted by molar-refractivity contribution is 5.85. The fraction of sp³-hybridized carbons (Fsp3) is 0.588. The van der Waals surface area contributed by atoms with Crippen LogP contribution in [0.1, 0.15) is 32.3 Å². The van der Waals surface area contributed by atoms with Crippen molar-refractivity contribution in [2.75, 3.05) is 20.7 Å². The lowest BCUT2D eigenvalue weighted by atomic mass is 10.00. The molecule has 22 heavy (non-hydrogen) atoms. The SMILES string of the molecule is CCCC(N)C(=O)N(C)CC(C)Cc1ccc(OC)cc1.Cl. The largest absolute Gasteiger partial charge is 0.497 e. The van der Waals surface area contributed by atoms with Crippen LogP contribution in [0.2, 0.25) is 0 Å². The number of amides is 1. The van der Waals surface area contributed by atoms with Crippen LogP contribution < -0.4 is 10.5 Å². The Morgan fingerprint density at radius 3 is 2.41 bits per heavy atom. The molecule has 0 saturated heterocycles. The third-order valence-electron chi connectivity index (χ3n) is 3.62. The average molecular weight is 329 g/mol. The summed E-state index contributed by atoms with van der Waals surface area (Å²) in [4.78, 5) is 13.8. The van der Waals surface area contributed by atoms with Crippen molar-refractivity contribution in [3.05, 3.63) is 29.8 Å². The van der Waals surface area contributed by atoms with Crippen LogP contribution >= 0.6 is 12.4 Å². The normalized spacial score (nSPS) is 13.0. The number of likely N-dealkylation sites (N-methyl/N-ethyl adjacent to an activating group) is 1. The Labute approximate surface area is 140 Å². The first kappa shape index (κ1) is 20.7. The van der Waals surface area contributed by atoms with E-state index in [4.69, 9.17) is 10.5 Å². The number of nitrogens with zero attached hydrogens (tertiary/aromatic N) is 1. The molecule has 0 heterocycles. The van der Waals surface area contributed by atoms with Gasteiger partial charge in [0.1, 0.15) is 5.75 Å². The number of nitrogens with two attached hydrogens (primary N) is 1. The van der Waals surface area contributed by atoms with Crippen molar-refractivity contribution < 1.29 is 9.53 Å². The van der Waals surface area contributed by atoms with Crippen molar-refractivity contribution >= 4 is 18.3 Å². The van der Waals surface area contributed by atoms with E-state index >= 15 is 0 Å². The summed E-state index contributed by atoms with van der Waals surface area (Å²) in [6.45, 7) is 4.92. The van der Waals surface area contributed by atoms with Crippen molar-refractivity contribution in [2.45, 2.75) is 39.2 Å². The van der Waals surface area contributed by atoms with E-state index in [1.165, 1.54) is 5.56 Å². The number of halogens is 1.